The molecule has 0 aromatic heterocycles. The van der Waals surface area contributed by atoms with Gasteiger partial charge in [0.2, 0.25) is 21.8 Å². The normalized spacial score (nSPS) is 14.5. The first-order valence-corrected chi connectivity index (χ1v) is 13.8. The van der Waals surface area contributed by atoms with Gasteiger partial charge in [-0.1, -0.05) is 60.7 Å². The van der Waals surface area contributed by atoms with Gasteiger partial charge in [0.15, 0.2) is 0 Å². The molecule has 2 N–H and O–H groups in total. The molecule has 8 nitrogen and oxygen atoms in total. The van der Waals surface area contributed by atoms with E-state index in [0.717, 1.165) is 13.1 Å². The summed E-state index contributed by atoms with van der Waals surface area (Å²) in [6, 6.07) is 26.7. The van der Waals surface area contributed by atoms with Crippen molar-refractivity contribution in [1.29, 1.82) is 0 Å². The van der Waals surface area contributed by atoms with Crippen LogP contribution in [0, 0.1) is 0 Å². The molecule has 0 radical (unpaired) electrons. The zero-order valence-electron chi connectivity index (χ0n) is 20.8. The molecule has 194 valence electrons. The molecule has 1 heterocycles. The fraction of sp³-hybridized carbons (Fsp3) is 0.286. The molecule has 0 bridgehead atoms. The predicted molar refractivity (Wildman–Crippen MR) is 143 cm³/mol. The van der Waals surface area contributed by atoms with Gasteiger partial charge in [0.1, 0.15) is 0 Å². The summed E-state index contributed by atoms with van der Waals surface area (Å²) in [5.74, 6) is -0.303. The zero-order chi connectivity index (χ0) is 26.3. The van der Waals surface area contributed by atoms with Crippen LogP contribution in [-0.2, 0) is 19.6 Å². The lowest BCUT2D eigenvalue weighted by molar-refractivity contribution is -0.133. The summed E-state index contributed by atoms with van der Waals surface area (Å²) in [6.45, 7) is 4.04. The van der Waals surface area contributed by atoms with Crippen LogP contribution in [0.4, 0.5) is 5.69 Å². The van der Waals surface area contributed by atoms with Crippen molar-refractivity contribution in [1.82, 2.24) is 14.5 Å². The van der Waals surface area contributed by atoms with E-state index in [0.29, 0.717) is 18.8 Å². The maximum atomic E-state index is 12.8. The number of nitrogens with zero attached hydrogens (tertiary/aromatic N) is 2. The smallest absolute Gasteiger partial charge is 0.240 e. The van der Waals surface area contributed by atoms with Crippen molar-refractivity contribution in [2.24, 2.45) is 0 Å². The molecule has 0 aliphatic carbocycles. The lowest BCUT2D eigenvalue weighted by Gasteiger charge is -2.40. The Labute approximate surface area is 218 Å². The van der Waals surface area contributed by atoms with E-state index in [1.807, 2.05) is 36.4 Å². The molecule has 0 spiro atoms. The van der Waals surface area contributed by atoms with E-state index < -0.39 is 10.0 Å². The average molecular weight is 521 g/mol. The monoisotopic (exact) mass is 520 g/mol. The van der Waals surface area contributed by atoms with Gasteiger partial charge in [0.25, 0.3) is 0 Å². The second kappa shape index (κ2) is 12.1. The van der Waals surface area contributed by atoms with E-state index in [9.17, 15) is 18.0 Å². The Hall–Kier alpha value is -3.53. The van der Waals surface area contributed by atoms with Crippen LogP contribution in [0.15, 0.2) is 89.8 Å². The van der Waals surface area contributed by atoms with Crippen LogP contribution in [0.25, 0.3) is 0 Å². The summed E-state index contributed by atoms with van der Waals surface area (Å²) in [7, 11) is -3.75. The molecule has 3 aromatic carbocycles. The highest BCUT2D eigenvalue weighted by Crippen LogP contribution is 2.29. The number of rotatable bonds is 9. The standard InChI is InChI=1S/C28H32N4O4S/c1-22(33)30-25-12-14-26(15-13-25)37(35,36)29-17-16-27(34)31-18-20-32(21-19-31)28(23-8-4-2-5-9-23)24-10-6-3-7-11-24/h2-15,28-29H,16-21H2,1H3,(H,30,33). The molecule has 0 saturated carbocycles. The molecule has 1 aliphatic heterocycles. The second-order valence-corrected chi connectivity index (χ2v) is 10.8. The molecule has 37 heavy (non-hydrogen) atoms. The molecule has 9 heteroatoms. The van der Waals surface area contributed by atoms with Crippen molar-refractivity contribution in [2.45, 2.75) is 24.3 Å². The number of carbonyl (C=O) groups is 2. The molecule has 0 unspecified atom stereocenters. The summed E-state index contributed by atoms with van der Waals surface area (Å²) in [4.78, 5) is 28.2. The lowest BCUT2D eigenvalue weighted by Crippen LogP contribution is -2.50. The van der Waals surface area contributed by atoms with Gasteiger partial charge >= 0.3 is 0 Å². The third kappa shape index (κ3) is 7.03. The number of anilines is 1. The number of piperazine rings is 1. The zero-order valence-corrected chi connectivity index (χ0v) is 21.7. The minimum Gasteiger partial charge on any atom is -0.340 e. The van der Waals surface area contributed by atoms with Crippen molar-refractivity contribution < 1.29 is 18.0 Å². The van der Waals surface area contributed by atoms with Crippen molar-refractivity contribution in [3.8, 4) is 0 Å². The van der Waals surface area contributed by atoms with E-state index in [4.69, 9.17) is 0 Å². The molecule has 0 atom stereocenters. The number of amides is 2. The first-order valence-electron chi connectivity index (χ1n) is 12.3. The van der Waals surface area contributed by atoms with Crippen molar-refractivity contribution in [2.75, 3.05) is 38.0 Å². The molecule has 3 aromatic rings. The Bertz CT molecular complexity index is 1250. The van der Waals surface area contributed by atoms with E-state index in [1.165, 1.54) is 42.3 Å². The molecular weight excluding hydrogens is 488 g/mol. The highest BCUT2D eigenvalue weighted by atomic mass is 32.2. The summed E-state index contributed by atoms with van der Waals surface area (Å²) in [5.41, 5.74) is 2.95. The second-order valence-electron chi connectivity index (χ2n) is 8.99. The Morgan fingerprint density at radius 1 is 0.811 bits per heavy atom. The summed E-state index contributed by atoms with van der Waals surface area (Å²) >= 11 is 0. The third-order valence-electron chi connectivity index (χ3n) is 6.38. The molecular formula is C28H32N4O4S. The van der Waals surface area contributed by atoms with Crippen LogP contribution in [-0.4, -0.2) is 62.8 Å². The van der Waals surface area contributed by atoms with E-state index in [1.54, 1.807) is 4.90 Å². The quantitative estimate of drug-likeness (QED) is 0.451. The molecule has 1 saturated heterocycles. The van der Waals surface area contributed by atoms with Crippen LogP contribution >= 0.6 is 0 Å². The van der Waals surface area contributed by atoms with Crippen molar-refractivity contribution in [3.05, 3.63) is 96.1 Å². The number of hydrogen-bond acceptors (Lipinski definition) is 5. The van der Waals surface area contributed by atoms with Crippen molar-refractivity contribution >= 4 is 27.5 Å². The number of nitrogens with one attached hydrogen (secondary N) is 2. The predicted octanol–water partition coefficient (Wildman–Crippen LogP) is 3.25. The topological polar surface area (TPSA) is 98.8 Å². The Morgan fingerprint density at radius 2 is 1.35 bits per heavy atom. The largest absolute Gasteiger partial charge is 0.340 e. The van der Waals surface area contributed by atoms with Gasteiger partial charge in [-0.05, 0) is 35.4 Å². The van der Waals surface area contributed by atoms with Gasteiger partial charge in [-0.3, -0.25) is 14.5 Å². The highest BCUT2D eigenvalue weighted by Gasteiger charge is 2.28. The lowest BCUT2D eigenvalue weighted by atomic mass is 9.96. The van der Waals surface area contributed by atoms with Gasteiger partial charge in [-0.2, -0.15) is 0 Å². The molecule has 1 aliphatic rings. The van der Waals surface area contributed by atoms with E-state index in [-0.39, 0.29) is 35.7 Å². The number of carbonyl (C=O) groups excluding carboxylic acids is 2. The van der Waals surface area contributed by atoms with Crippen LogP contribution < -0.4 is 10.0 Å². The van der Waals surface area contributed by atoms with Gasteiger partial charge in [-0.15, -0.1) is 0 Å². The molecule has 1 fully saturated rings. The third-order valence-corrected chi connectivity index (χ3v) is 7.86. The van der Waals surface area contributed by atoms with Crippen LogP contribution in [0.5, 0.6) is 0 Å². The highest BCUT2D eigenvalue weighted by molar-refractivity contribution is 7.89. The average Bonchev–Trinajstić information content (AvgIpc) is 2.90. The summed E-state index contributed by atoms with van der Waals surface area (Å²) < 4.78 is 27.7. The van der Waals surface area contributed by atoms with E-state index >= 15 is 0 Å². The minimum atomic E-state index is -3.75. The van der Waals surface area contributed by atoms with Crippen molar-refractivity contribution in [3.63, 3.8) is 0 Å². The van der Waals surface area contributed by atoms with Gasteiger partial charge in [-0.25, -0.2) is 13.1 Å². The fourth-order valence-electron chi connectivity index (χ4n) is 4.57. The number of hydrogen-bond donors (Lipinski definition) is 2. The number of benzene rings is 3. The maximum absolute atomic E-state index is 12.8. The summed E-state index contributed by atoms with van der Waals surface area (Å²) in [5, 5.41) is 2.60. The number of sulfonamides is 1. The van der Waals surface area contributed by atoms with Gasteiger partial charge in [0.05, 0.1) is 10.9 Å². The molecule has 2 amide bonds. The van der Waals surface area contributed by atoms with Crippen LogP contribution in [0.1, 0.15) is 30.5 Å². The SMILES string of the molecule is CC(=O)Nc1ccc(S(=O)(=O)NCCC(=O)N2CCN(C(c3ccccc3)c3ccccc3)CC2)cc1. The minimum absolute atomic E-state index is 0.0193. The van der Waals surface area contributed by atoms with Gasteiger partial charge in [0, 0.05) is 51.8 Å². The molecule has 4 rings (SSSR count). The van der Waals surface area contributed by atoms with E-state index in [2.05, 4.69) is 39.2 Å². The Kier molecular flexibility index (Phi) is 8.70. The maximum Gasteiger partial charge on any atom is 0.240 e. The van der Waals surface area contributed by atoms with Gasteiger partial charge < -0.3 is 10.2 Å². The fourth-order valence-corrected chi connectivity index (χ4v) is 5.60. The first kappa shape index (κ1) is 26.5. The first-order chi connectivity index (χ1) is 17.8. The summed E-state index contributed by atoms with van der Waals surface area (Å²) in [6.07, 6.45) is 0.0873. The van der Waals surface area contributed by atoms with Crippen LogP contribution in [0.3, 0.4) is 0 Å². The van der Waals surface area contributed by atoms with Crippen LogP contribution in [0.2, 0.25) is 0 Å². The Morgan fingerprint density at radius 3 is 1.86 bits per heavy atom. The Balaban J connectivity index is 1.30.